The summed E-state index contributed by atoms with van der Waals surface area (Å²) in [4.78, 5) is 28.9. The number of hydrogen-bond donors (Lipinski definition) is 1. The highest BCUT2D eigenvalue weighted by atomic mass is 32.2. The smallest absolute Gasteiger partial charge is 0.323 e. The number of amides is 3. The highest BCUT2D eigenvalue weighted by molar-refractivity contribution is 7.89. The molecule has 2 aliphatic heterocycles. The van der Waals surface area contributed by atoms with Gasteiger partial charge in [-0.2, -0.15) is 4.31 Å². The number of nitrogens with one attached hydrogen (secondary N) is 1. The molecule has 178 valence electrons. The molecular formula is C24H32N4O4S. The predicted molar refractivity (Wildman–Crippen MR) is 127 cm³/mol. The first-order valence-corrected chi connectivity index (χ1v) is 12.9. The van der Waals surface area contributed by atoms with Gasteiger partial charge in [-0.1, -0.05) is 44.2 Å². The molecule has 33 heavy (non-hydrogen) atoms. The molecule has 4 rings (SSSR count). The molecule has 2 heterocycles. The lowest BCUT2D eigenvalue weighted by Gasteiger charge is -2.35. The third kappa shape index (κ3) is 4.76. The van der Waals surface area contributed by atoms with Gasteiger partial charge in [0.05, 0.1) is 11.6 Å². The highest BCUT2D eigenvalue weighted by Crippen LogP contribution is 2.26. The van der Waals surface area contributed by atoms with Crippen molar-refractivity contribution < 1.29 is 18.0 Å². The first-order chi connectivity index (χ1) is 15.6. The van der Waals surface area contributed by atoms with Gasteiger partial charge >= 0.3 is 6.03 Å². The van der Waals surface area contributed by atoms with Crippen molar-refractivity contribution in [2.24, 2.45) is 5.92 Å². The van der Waals surface area contributed by atoms with Gasteiger partial charge in [0.25, 0.3) is 5.91 Å². The summed E-state index contributed by atoms with van der Waals surface area (Å²) in [5, 5.41) is 4.73. The van der Waals surface area contributed by atoms with Crippen molar-refractivity contribution in [2.75, 3.05) is 32.8 Å². The van der Waals surface area contributed by atoms with Gasteiger partial charge < -0.3 is 5.32 Å². The molecule has 0 bridgehead atoms. The van der Waals surface area contributed by atoms with Crippen molar-refractivity contribution in [3.8, 4) is 0 Å². The van der Waals surface area contributed by atoms with Crippen LogP contribution in [0.25, 0.3) is 10.8 Å². The van der Waals surface area contributed by atoms with Crippen molar-refractivity contribution in [1.82, 2.24) is 19.4 Å². The molecular weight excluding hydrogens is 440 g/mol. The summed E-state index contributed by atoms with van der Waals surface area (Å²) < 4.78 is 27.8. The molecule has 2 aliphatic rings. The van der Waals surface area contributed by atoms with E-state index >= 15 is 0 Å². The Morgan fingerprint density at radius 3 is 2.33 bits per heavy atom. The fourth-order valence-electron chi connectivity index (χ4n) is 4.41. The number of imide groups is 1. The quantitative estimate of drug-likeness (QED) is 0.626. The predicted octanol–water partition coefficient (Wildman–Crippen LogP) is 2.85. The molecule has 0 unspecified atom stereocenters. The lowest BCUT2D eigenvalue weighted by atomic mass is 9.92. The van der Waals surface area contributed by atoms with E-state index in [0.717, 1.165) is 17.2 Å². The largest absolute Gasteiger partial charge is 0.326 e. The van der Waals surface area contributed by atoms with Gasteiger partial charge in [0.15, 0.2) is 0 Å². The van der Waals surface area contributed by atoms with Crippen LogP contribution in [0.3, 0.4) is 0 Å². The van der Waals surface area contributed by atoms with Crippen molar-refractivity contribution >= 4 is 32.7 Å². The van der Waals surface area contributed by atoms with E-state index in [2.05, 4.69) is 19.2 Å². The summed E-state index contributed by atoms with van der Waals surface area (Å²) in [5.41, 5.74) is -0.872. The van der Waals surface area contributed by atoms with E-state index < -0.39 is 15.6 Å². The Bertz CT molecular complexity index is 1160. The Kier molecular flexibility index (Phi) is 6.48. The van der Waals surface area contributed by atoms with Crippen LogP contribution in [0, 0.1) is 5.92 Å². The van der Waals surface area contributed by atoms with E-state index in [4.69, 9.17) is 0 Å². The molecule has 0 saturated carbocycles. The molecule has 2 aromatic carbocycles. The number of carbonyl (C=O) groups is 2. The average molecular weight is 473 g/mol. The number of nitrogens with zero attached hydrogens (tertiary/aromatic N) is 3. The van der Waals surface area contributed by atoms with Gasteiger partial charge in [-0.15, -0.1) is 0 Å². The Balaban J connectivity index is 1.38. The molecule has 9 heteroatoms. The maximum Gasteiger partial charge on any atom is 0.326 e. The zero-order valence-electron chi connectivity index (χ0n) is 19.5. The highest BCUT2D eigenvalue weighted by Gasteiger charge is 2.48. The van der Waals surface area contributed by atoms with Crippen LogP contribution < -0.4 is 5.32 Å². The SMILES string of the molecule is CC(C)CC[C@]1(C)NC(=O)N(CN2CCN(S(=O)(=O)c3ccc4ccccc4c3)CC2)C1=O. The maximum atomic E-state index is 13.2. The Morgan fingerprint density at radius 2 is 1.67 bits per heavy atom. The third-order valence-electron chi connectivity index (χ3n) is 6.60. The minimum atomic E-state index is -3.61. The first kappa shape index (κ1) is 23.7. The van der Waals surface area contributed by atoms with E-state index in [1.807, 2.05) is 35.2 Å². The molecule has 0 radical (unpaired) electrons. The molecule has 0 spiro atoms. The standard InChI is InChI=1S/C24H32N4O4S/c1-18(2)10-11-24(3)22(29)28(23(30)25-24)17-26-12-14-27(15-13-26)33(31,32)21-9-8-19-6-4-5-7-20(19)16-21/h4-9,16,18H,10-15,17H2,1-3H3,(H,25,30)/t24-/m0/s1. The Hall–Kier alpha value is -2.49. The fourth-order valence-corrected chi connectivity index (χ4v) is 5.87. The second-order valence-corrected chi connectivity index (χ2v) is 11.5. The molecule has 0 aromatic heterocycles. The number of hydrogen-bond acceptors (Lipinski definition) is 5. The summed E-state index contributed by atoms with van der Waals surface area (Å²) in [5.74, 6) is 0.234. The van der Waals surface area contributed by atoms with Crippen LogP contribution in [0.15, 0.2) is 47.4 Å². The van der Waals surface area contributed by atoms with E-state index in [1.54, 1.807) is 19.1 Å². The molecule has 2 aromatic rings. The van der Waals surface area contributed by atoms with Crippen LogP contribution >= 0.6 is 0 Å². The molecule has 1 N–H and O–H groups in total. The molecule has 0 aliphatic carbocycles. The van der Waals surface area contributed by atoms with Gasteiger partial charge in [0, 0.05) is 26.2 Å². The minimum Gasteiger partial charge on any atom is -0.323 e. The molecule has 2 saturated heterocycles. The van der Waals surface area contributed by atoms with Crippen LogP contribution in [-0.4, -0.2) is 72.8 Å². The first-order valence-electron chi connectivity index (χ1n) is 11.5. The second kappa shape index (κ2) is 9.04. The van der Waals surface area contributed by atoms with Crippen LogP contribution in [0.2, 0.25) is 0 Å². The fraction of sp³-hybridized carbons (Fsp3) is 0.500. The average Bonchev–Trinajstić information content (AvgIpc) is 3.01. The van der Waals surface area contributed by atoms with Crippen LogP contribution in [0.1, 0.15) is 33.6 Å². The number of piperazine rings is 1. The summed E-state index contributed by atoms with van der Waals surface area (Å²) >= 11 is 0. The number of sulfonamides is 1. The third-order valence-corrected chi connectivity index (χ3v) is 8.49. The van der Waals surface area contributed by atoms with Gasteiger partial charge in [-0.3, -0.25) is 9.69 Å². The summed E-state index contributed by atoms with van der Waals surface area (Å²) in [7, 11) is -3.61. The molecule has 8 nitrogen and oxygen atoms in total. The summed E-state index contributed by atoms with van der Waals surface area (Å²) in [6.45, 7) is 7.66. The zero-order valence-corrected chi connectivity index (χ0v) is 20.3. The van der Waals surface area contributed by atoms with Crippen LogP contribution in [0.5, 0.6) is 0 Å². The van der Waals surface area contributed by atoms with Crippen molar-refractivity contribution in [2.45, 2.75) is 44.0 Å². The maximum absolute atomic E-state index is 13.2. The van der Waals surface area contributed by atoms with Crippen LogP contribution in [-0.2, 0) is 14.8 Å². The van der Waals surface area contributed by atoms with E-state index in [1.165, 1.54) is 9.21 Å². The topological polar surface area (TPSA) is 90.0 Å². The van der Waals surface area contributed by atoms with Crippen molar-refractivity contribution in [3.63, 3.8) is 0 Å². The number of rotatable bonds is 7. The summed E-state index contributed by atoms with van der Waals surface area (Å²) in [6, 6.07) is 12.5. The molecule has 2 fully saturated rings. The number of carbonyl (C=O) groups excluding carboxylic acids is 2. The number of fused-ring (bicyclic) bond motifs is 1. The van der Waals surface area contributed by atoms with Gasteiger partial charge in [-0.25, -0.2) is 18.1 Å². The van der Waals surface area contributed by atoms with Gasteiger partial charge in [0.2, 0.25) is 10.0 Å². The monoisotopic (exact) mass is 472 g/mol. The van der Waals surface area contributed by atoms with Crippen LogP contribution in [0.4, 0.5) is 4.79 Å². The molecule has 3 amide bonds. The lowest BCUT2D eigenvalue weighted by Crippen LogP contribution is -2.53. The van der Waals surface area contributed by atoms with E-state index in [9.17, 15) is 18.0 Å². The number of urea groups is 1. The summed E-state index contributed by atoms with van der Waals surface area (Å²) in [6.07, 6.45) is 1.45. The second-order valence-electron chi connectivity index (χ2n) is 9.60. The van der Waals surface area contributed by atoms with Gasteiger partial charge in [-0.05, 0) is 48.6 Å². The van der Waals surface area contributed by atoms with E-state index in [0.29, 0.717) is 38.5 Å². The van der Waals surface area contributed by atoms with Crippen molar-refractivity contribution in [3.05, 3.63) is 42.5 Å². The zero-order chi connectivity index (χ0) is 23.8. The van der Waals surface area contributed by atoms with Crippen molar-refractivity contribution in [1.29, 1.82) is 0 Å². The van der Waals surface area contributed by atoms with E-state index in [-0.39, 0.29) is 23.5 Å². The Labute approximate surface area is 195 Å². The molecule has 1 atom stereocenters. The number of benzene rings is 2. The Morgan fingerprint density at radius 1 is 1.00 bits per heavy atom. The lowest BCUT2D eigenvalue weighted by molar-refractivity contribution is -0.132. The minimum absolute atomic E-state index is 0.172. The normalized spacial score (nSPS) is 23.0. The van der Waals surface area contributed by atoms with Gasteiger partial charge in [0.1, 0.15) is 5.54 Å².